The van der Waals surface area contributed by atoms with Gasteiger partial charge in [0.05, 0.1) is 5.69 Å². The van der Waals surface area contributed by atoms with E-state index in [4.69, 9.17) is 0 Å². The number of hydrogen-bond donors (Lipinski definition) is 1. The maximum atomic E-state index is 13.9. The van der Waals surface area contributed by atoms with Gasteiger partial charge in [0.1, 0.15) is 0 Å². The minimum atomic E-state index is -0.732. The van der Waals surface area contributed by atoms with Gasteiger partial charge in [-0.1, -0.05) is 0 Å². The molecule has 2 aromatic heterocycles. The third-order valence-electron chi connectivity index (χ3n) is 3.11. The van der Waals surface area contributed by atoms with E-state index in [1.807, 2.05) is 27.7 Å². The van der Waals surface area contributed by atoms with Gasteiger partial charge < -0.3 is 5.32 Å². The van der Waals surface area contributed by atoms with Crippen LogP contribution in [0.15, 0.2) is 6.07 Å². The predicted molar refractivity (Wildman–Crippen MR) is 69.6 cm³/mol. The van der Waals surface area contributed by atoms with Crippen molar-refractivity contribution in [3.8, 4) is 5.82 Å². The average Bonchev–Trinajstić information content (AvgIpc) is 2.61. The SMILES string of the molecule is CCNc1nc(-n2nc(C)c(C)c2C)c(F)cc1F. The van der Waals surface area contributed by atoms with E-state index < -0.39 is 11.6 Å². The molecule has 2 rings (SSSR count). The number of aromatic nitrogens is 3. The summed E-state index contributed by atoms with van der Waals surface area (Å²) in [7, 11) is 0. The Kier molecular flexibility index (Phi) is 3.50. The Morgan fingerprint density at radius 2 is 1.89 bits per heavy atom. The van der Waals surface area contributed by atoms with E-state index in [0.717, 1.165) is 23.0 Å². The summed E-state index contributed by atoms with van der Waals surface area (Å²) in [6.45, 7) is 7.89. The van der Waals surface area contributed by atoms with Crippen molar-refractivity contribution in [2.24, 2.45) is 0 Å². The molecule has 0 aromatic carbocycles. The molecule has 0 radical (unpaired) electrons. The molecule has 0 unspecified atom stereocenters. The van der Waals surface area contributed by atoms with E-state index in [9.17, 15) is 8.78 Å². The Labute approximate surface area is 110 Å². The zero-order chi connectivity index (χ0) is 14.2. The molecule has 0 bridgehead atoms. The fraction of sp³-hybridized carbons (Fsp3) is 0.385. The minimum absolute atomic E-state index is 0.00560. The van der Waals surface area contributed by atoms with Crippen molar-refractivity contribution in [1.82, 2.24) is 14.8 Å². The summed E-state index contributed by atoms with van der Waals surface area (Å²) in [6.07, 6.45) is 0. The van der Waals surface area contributed by atoms with Crippen LogP contribution in [0.25, 0.3) is 5.82 Å². The number of anilines is 1. The van der Waals surface area contributed by atoms with Gasteiger partial charge in [-0.05, 0) is 33.3 Å². The first kappa shape index (κ1) is 13.5. The third-order valence-corrected chi connectivity index (χ3v) is 3.11. The van der Waals surface area contributed by atoms with Crippen LogP contribution in [0.3, 0.4) is 0 Å². The first-order chi connectivity index (χ1) is 8.95. The number of hydrogen-bond acceptors (Lipinski definition) is 3. The molecule has 0 saturated heterocycles. The van der Waals surface area contributed by atoms with Crippen molar-refractivity contribution in [2.45, 2.75) is 27.7 Å². The molecule has 1 N–H and O–H groups in total. The number of pyridine rings is 1. The van der Waals surface area contributed by atoms with Crippen LogP contribution in [0, 0.1) is 32.4 Å². The normalized spacial score (nSPS) is 10.8. The van der Waals surface area contributed by atoms with Crippen molar-refractivity contribution >= 4 is 5.82 Å². The van der Waals surface area contributed by atoms with Gasteiger partial charge in [0.2, 0.25) is 0 Å². The zero-order valence-electron chi connectivity index (χ0n) is 11.4. The first-order valence-electron chi connectivity index (χ1n) is 6.08. The molecule has 0 aliphatic rings. The largest absolute Gasteiger partial charge is 0.368 e. The minimum Gasteiger partial charge on any atom is -0.368 e. The molecule has 0 spiro atoms. The molecule has 0 aliphatic carbocycles. The molecule has 0 aliphatic heterocycles. The van der Waals surface area contributed by atoms with Gasteiger partial charge in [0, 0.05) is 18.3 Å². The molecular weight excluding hydrogens is 250 g/mol. The Balaban J connectivity index is 2.61. The number of nitrogens with zero attached hydrogens (tertiary/aromatic N) is 3. The highest BCUT2D eigenvalue weighted by Gasteiger charge is 2.17. The third kappa shape index (κ3) is 2.30. The molecule has 6 heteroatoms. The molecule has 0 saturated carbocycles. The highest BCUT2D eigenvalue weighted by Crippen LogP contribution is 2.21. The Morgan fingerprint density at radius 1 is 1.21 bits per heavy atom. The van der Waals surface area contributed by atoms with Crippen LogP contribution in [0.2, 0.25) is 0 Å². The lowest BCUT2D eigenvalue weighted by Crippen LogP contribution is -2.10. The molecule has 0 atom stereocenters. The Bertz CT molecular complexity index is 620. The monoisotopic (exact) mass is 266 g/mol. The fourth-order valence-corrected chi connectivity index (χ4v) is 1.82. The van der Waals surface area contributed by atoms with Crippen molar-refractivity contribution in [3.05, 3.63) is 34.7 Å². The second-order valence-corrected chi connectivity index (χ2v) is 4.36. The molecular formula is C13H16F2N4. The summed E-state index contributed by atoms with van der Waals surface area (Å²) in [5.74, 6) is -1.40. The van der Waals surface area contributed by atoms with Crippen molar-refractivity contribution < 1.29 is 8.78 Å². The molecule has 2 heterocycles. The van der Waals surface area contributed by atoms with Crippen LogP contribution >= 0.6 is 0 Å². The lowest BCUT2D eigenvalue weighted by atomic mass is 10.2. The maximum Gasteiger partial charge on any atom is 0.192 e. The van der Waals surface area contributed by atoms with E-state index in [2.05, 4.69) is 15.4 Å². The fourth-order valence-electron chi connectivity index (χ4n) is 1.82. The van der Waals surface area contributed by atoms with Gasteiger partial charge in [0.15, 0.2) is 23.3 Å². The van der Waals surface area contributed by atoms with Crippen molar-refractivity contribution in [1.29, 1.82) is 0 Å². The van der Waals surface area contributed by atoms with Crippen LogP contribution in [0.5, 0.6) is 0 Å². The lowest BCUT2D eigenvalue weighted by molar-refractivity contribution is 0.561. The lowest BCUT2D eigenvalue weighted by Gasteiger charge is -2.09. The van der Waals surface area contributed by atoms with Gasteiger partial charge in [-0.15, -0.1) is 0 Å². The summed E-state index contributed by atoms with van der Waals surface area (Å²) in [5, 5.41) is 7.00. The summed E-state index contributed by atoms with van der Waals surface area (Å²) >= 11 is 0. The van der Waals surface area contributed by atoms with Gasteiger partial charge in [-0.3, -0.25) is 0 Å². The van der Waals surface area contributed by atoms with Crippen molar-refractivity contribution in [3.63, 3.8) is 0 Å². The second kappa shape index (κ2) is 4.95. The van der Waals surface area contributed by atoms with Gasteiger partial charge in [-0.25, -0.2) is 18.4 Å². The van der Waals surface area contributed by atoms with Crippen LogP contribution in [-0.4, -0.2) is 21.3 Å². The van der Waals surface area contributed by atoms with Crippen molar-refractivity contribution in [2.75, 3.05) is 11.9 Å². The van der Waals surface area contributed by atoms with E-state index in [1.165, 1.54) is 4.68 Å². The highest BCUT2D eigenvalue weighted by molar-refractivity contribution is 5.43. The highest BCUT2D eigenvalue weighted by atomic mass is 19.1. The summed E-state index contributed by atoms with van der Waals surface area (Å²) in [5.41, 5.74) is 2.56. The number of nitrogens with one attached hydrogen (secondary N) is 1. The molecule has 2 aromatic rings. The van der Waals surface area contributed by atoms with Crippen LogP contribution < -0.4 is 5.32 Å². The number of aryl methyl sites for hydroxylation is 1. The zero-order valence-corrected chi connectivity index (χ0v) is 11.4. The van der Waals surface area contributed by atoms with Crippen LogP contribution in [-0.2, 0) is 0 Å². The first-order valence-corrected chi connectivity index (χ1v) is 6.08. The summed E-state index contributed by atoms with van der Waals surface area (Å²) < 4.78 is 28.8. The van der Waals surface area contributed by atoms with Crippen LogP contribution in [0.1, 0.15) is 23.9 Å². The quantitative estimate of drug-likeness (QED) is 0.928. The molecule has 0 fully saturated rings. The van der Waals surface area contributed by atoms with Crippen LogP contribution in [0.4, 0.5) is 14.6 Å². The Morgan fingerprint density at radius 3 is 2.42 bits per heavy atom. The number of rotatable bonds is 3. The van der Waals surface area contributed by atoms with Gasteiger partial charge in [0.25, 0.3) is 0 Å². The second-order valence-electron chi connectivity index (χ2n) is 4.36. The molecule has 4 nitrogen and oxygen atoms in total. The topological polar surface area (TPSA) is 42.7 Å². The van der Waals surface area contributed by atoms with Gasteiger partial charge >= 0.3 is 0 Å². The average molecular weight is 266 g/mol. The Hall–Kier alpha value is -1.98. The number of halogens is 2. The predicted octanol–water partition coefficient (Wildman–Crippen LogP) is 2.90. The summed E-state index contributed by atoms with van der Waals surface area (Å²) in [4.78, 5) is 3.99. The van der Waals surface area contributed by atoms with Gasteiger partial charge in [-0.2, -0.15) is 5.10 Å². The maximum absolute atomic E-state index is 13.9. The standard InChI is InChI=1S/C13H16F2N4/c1-5-16-12-10(14)6-11(15)13(17-12)19-9(4)7(2)8(3)18-19/h6H,5H2,1-4H3,(H,16,17). The van der Waals surface area contributed by atoms with E-state index >= 15 is 0 Å². The molecule has 0 amide bonds. The molecule has 19 heavy (non-hydrogen) atoms. The molecule has 102 valence electrons. The van der Waals surface area contributed by atoms with E-state index in [1.54, 1.807) is 0 Å². The smallest absolute Gasteiger partial charge is 0.192 e. The summed E-state index contributed by atoms with van der Waals surface area (Å²) in [6, 6.07) is 0.826. The van der Waals surface area contributed by atoms with E-state index in [-0.39, 0.29) is 11.6 Å². The van der Waals surface area contributed by atoms with E-state index in [0.29, 0.717) is 6.54 Å².